The highest BCUT2D eigenvalue weighted by atomic mass is 16.5. The van der Waals surface area contributed by atoms with E-state index in [1.165, 1.54) is 5.69 Å². The fourth-order valence-electron chi connectivity index (χ4n) is 4.15. The van der Waals surface area contributed by atoms with Gasteiger partial charge in [-0.25, -0.2) is 14.5 Å². The van der Waals surface area contributed by atoms with E-state index in [2.05, 4.69) is 50.3 Å². The molecule has 3 aromatic heterocycles. The van der Waals surface area contributed by atoms with Crippen molar-refractivity contribution in [3.05, 3.63) is 60.0 Å². The predicted molar refractivity (Wildman–Crippen MR) is 124 cm³/mol. The van der Waals surface area contributed by atoms with Crippen LogP contribution in [0.3, 0.4) is 0 Å². The van der Waals surface area contributed by atoms with Crippen molar-refractivity contribution in [1.29, 1.82) is 0 Å². The van der Waals surface area contributed by atoms with E-state index in [0.29, 0.717) is 5.82 Å². The van der Waals surface area contributed by atoms with Gasteiger partial charge in [0.05, 0.1) is 35.6 Å². The summed E-state index contributed by atoms with van der Waals surface area (Å²) in [6.45, 7) is 7.35. The Hall–Kier alpha value is -3.78. The Morgan fingerprint density at radius 1 is 0.938 bits per heavy atom. The van der Waals surface area contributed by atoms with Gasteiger partial charge in [0.15, 0.2) is 11.5 Å². The molecule has 0 amide bonds. The van der Waals surface area contributed by atoms with Gasteiger partial charge >= 0.3 is 0 Å². The van der Waals surface area contributed by atoms with Crippen LogP contribution in [0.25, 0.3) is 39.5 Å². The highest BCUT2D eigenvalue weighted by molar-refractivity contribution is 5.83. The standard InChI is InChI=1S/C24H23N7O/c1-15-14-25-16(2)24-28-23(29-31(15)24)18-5-8-20-21(13-18)27-22(26-20)17-3-6-19(7-4-17)30-9-11-32-12-10-30/h3-8,13-14H,9-12H2,1-2H3,(H,26,27). The lowest BCUT2D eigenvalue weighted by atomic mass is 10.2. The summed E-state index contributed by atoms with van der Waals surface area (Å²) in [6, 6.07) is 14.6. The summed E-state index contributed by atoms with van der Waals surface area (Å²) in [5.74, 6) is 1.53. The maximum Gasteiger partial charge on any atom is 0.182 e. The third-order valence-corrected chi connectivity index (χ3v) is 5.97. The summed E-state index contributed by atoms with van der Waals surface area (Å²) in [4.78, 5) is 19.7. The van der Waals surface area contributed by atoms with E-state index in [4.69, 9.17) is 14.7 Å². The number of aromatic nitrogens is 6. The molecule has 0 unspecified atom stereocenters. The molecule has 0 saturated carbocycles. The maximum absolute atomic E-state index is 5.45. The number of nitrogens with one attached hydrogen (secondary N) is 1. The minimum absolute atomic E-state index is 0.678. The summed E-state index contributed by atoms with van der Waals surface area (Å²) in [5, 5.41) is 4.69. The Bertz CT molecular complexity index is 1390. The fraction of sp³-hybridized carbons (Fsp3) is 0.250. The number of morpholine rings is 1. The number of benzene rings is 2. The number of nitrogens with zero attached hydrogens (tertiary/aromatic N) is 6. The van der Waals surface area contributed by atoms with Crippen molar-refractivity contribution < 1.29 is 4.74 Å². The molecule has 8 nitrogen and oxygen atoms in total. The normalized spacial score (nSPS) is 14.5. The number of rotatable bonds is 3. The average Bonchev–Trinajstić information content (AvgIpc) is 3.47. The van der Waals surface area contributed by atoms with E-state index < -0.39 is 0 Å². The van der Waals surface area contributed by atoms with E-state index in [9.17, 15) is 0 Å². The molecule has 1 aliphatic rings. The second-order valence-electron chi connectivity index (χ2n) is 8.12. The van der Waals surface area contributed by atoms with Gasteiger partial charge in [0.25, 0.3) is 0 Å². The lowest BCUT2D eigenvalue weighted by Gasteiger charge is -2.28. The number of aromatic amines is 1. The van der Waals surface area contributed by atoms with E-state index >= 15 is 0 Å². The molecular weight excluding hydrogens is 402 g/mol. The zero-order valence-corrected chi connectivity index (χ0v) is 18.0. The minimum atomic E-state index is 0.678. The molecule has 0 bridgehead atoms. The minimum Gasteiger partial charge on any atom is -0.378 e. The molecule has 0 radical (unpaired) electrons. The summed E-state index contributed by atoms with van der Waals surface area (Å²) in [5.41, 5.74) is 7.69. The van der Waals surface area contributed by atoms with Crippen LogP contribution in [0.1, 0.15) is 11.4 Å². The van der Waals surface area contributed by atoms with Crippen LogP contribution in [0.4, 0.5) is 5.69 Å². The van der Waals surface area contributed by atoms with Crippen LogP contribution < -0.4 is 4.90 Å². The zero-order chi connectivity index (χ0) is 21.7. The predicted octanol–water partition coefficient (Wildman–Crippen LogP) is 3.79. The van der Waals surface area contributed by atoms with E-state index in [-0.39, 0.29) is 0 Å². The van der Waals surface area contributed by atoms with E-state index in [1.54, 1.807) is 0 Å². The molecule has 8 heteroatoms. The van der Waals surface area contributed by atoms with Gasteiger partial charge in [0, 0.05) is 36.1 Å². The third-order valence-electron chi connectivity index (χ3n) is 5.97. The molecule has 160 valence electrons. The fourth-order valence-corrected chi connectivity index (χ4v) is 4.15. The quantitative estimate of drug-likeness (QED) is 0.474. The molecule has 1 saturated heterocycles. The molecule has 0 spiro atoms. The van der Waals surface area contributed by atoms with Crippen LogP contribution in [0, 0.1) is 13.8 Å². The van der Waals surface area contributed by atoms with E-state index in [1.807, 2.05) is 36.7 Å². The van der Waals surface area contributed by atoms with Gasteiger partial charge < -0.3 is 14.6 Å². The number of H-pyrrole nitrogens is 1. The van der Waals surface area contributed by atoms with Crippen LogP contribution in [0.15, 0.2) is 48.7 Å². The number of imidazole rings is 1. The largest absolute Gasteiger partial charge is 0.378 e. The number of hydrogen-bond acceptors (Lipinski definition) is 6. The summed E-state index contributed by atoms with van der Waals surface area (Å²) >= 11 is 0. The molecular formula is C24H23N7O. The SMILES string of the molecule is Cc1ncc(C)n2nc(-c3ccc4nc(-c5ccc(N6CCOCC6)cc5)[nH]c4c3)nc12. The first-order valence-corrected chi connectivity index (χ1v) is 10.8. The van der Waals surface area contributed by atoms with Crippen molar-refractivity contribution in [1.82, 2.24) is 29.5 Å². The van der Waals surface area contributed by atoms with Crippen molar-refractivity contribution in [2.45, 2.75) is 13.8 Å². The number of aryl methyl sites for hydroxylation is 2. The number of hydrogen-bond donors (Lipinski definition) is 1. The lowest BCUT2D eigenvalue weighted by molar-refractivity contribution is 0.122. The monoisotopic (exact) mass is 425 g/mol. The van der Waals surface area contributed by atoms with Gasteiger partial charge in [-0.15, -0.1) is 5.10 Å². The van der Waals surface area contributed by atoms with Crippen LogP contribution >= 0.6 is 0 Å². The van der Waals surface area contributed by atoms with E-state index in [0.717, 1.165) is 71.3 Å². The van der Waals surface area contributed by atoms with Gasteiger partial charge in [-0.1, -0.05) is 0 Å². The second kappa shape index (κ2) is 7.42. The lowest BCUT2D eigenvalue weighted by Crippen LogP contribution is -2.36. The highest BCUT2D eigenvalue weighted by Crippen LogP contribution is 2.27. The van der Waals surface area contributed by atoms with Crippen LogP contribution in [0.5, 0.6) is 0 Å². The second-order valence-corrected chi connectivity index (χ2v) is 8.12. The van der Waals surface area contributed by atoms with Crippen molar-refractivity contribution in [2.75, 3.05) is 31.2 Å². The van der Waals surface area contributed by atoms with Crippen LogP contribution in [-0.2, 0) is 4.74 Å². The van der Waals surface area contributed by atoms with Gasteiger partial charge in [-0.3, -0.25) is 4.98 Å². The van der Waals surface area contributed by atoms with Gasteiger partial charge in [-0.2, -0.15) is 0 Å². The molecule has 32 heavy (non-hydrogen) atoms. The van der Waals surface area contributed by atoms with Crippen LogP contribution in [0.2, 0.25) is 0 Å². The average molecular weight is 425 g/mol. The first-order valence-electron chi connectivity index (χ1n) is 10.8. The van der Waals surface area contributed by atoms with Crippen molar-refractivity contribution in [2.24, 2.45) is 0 Å². The molecule has 6 rings (SSSR count). The van der Waals surface area contributed by atoms with Gasteiger partial charge in [0.2, 0.25) is 0 Å². The first-order chi connectivity index (χ1) is 15.7. The summed E-state index contributed by atoms with van der Waals surface area (Å²) in [7, 11) is 0. The molecule has 1 aliphatic heterocycles. The number of fused-ring (bicyclic) bond motifs is 2. The third kappa shape index (κ3) is 3.20. The molecule has 2 aromatic carbocycles. The Kier molecular flexibility index (Phi) is 4.39. The Balaban J connectivity index is 1.33. The van der Waals surface area contributed by atoms with Gasteiger partial charge in [0.1, 0.15) is 5.82 Å². The topological polar surface area (TPSA) is 84.2 Å². The van der Waals surface area contributed by atoms with Crippen molar-refractivity contribution in [3.8, 4) is 22.8 Å². The molecule has 1 fully saturated rings. The Morgan fingerprint density at radius 2 is 1.72 bits per heavy atom. The number of anilines is 1. The van der Waals surface area contributed by atoms with Gasteiger partial charge in [-0.05, 0) is 56.3 Å². The maximum atomic E-state index is 5.45. The van der Waals surface area contributed by atoms with Crippen LogP contribution in [-0.4, -0.2) is 55.9 Å². The molecule has 4 heterocycles. The smallest absolute Gasteiger partial charge is 0.182 e. The first kappa shape index (κ1) is 18.9. The molecule has 0 aliphatic carbocycles. The summed E-state index contributed by atoms with van der Waals surface area (Å²) in [6.07, 6.45) is 1.81. The Morgan fingerprint density at radius 3 is 2.50 bits per heavy atom. The highest BCUT2D eigenvalue weighted by Gasteiger charge is 2.14. The zero-order valence-electron chi connectivity index (χ0n) is 18.0. The number of ether oxygens (including phenoxy) is 1. The van der Waals surface area contributed by atoms with Crippen molar-refractivity contribution >= 4 is 22.4 Å². The Labute approximate surface area is 184 Å². The molecule has 1 N–H and O–H groups in total. The van der Waals surface area contributed by atoms with Crippen molar-refractivity contribution in [3.63, 3.8) is 0 Å². The summed E-state index contributed by atoms with van der Waals surface area (Å²) < 4.78 is 7.29. The molecule has 5 aromatic rings. The molecule has 0 atom stereocenters.